The van der Waals surface area contributed by atoms with Gasteiger partial charge >= 0.3 is 0 Å². The molecule has 3 rings (SSSR count). The molecule has 0 bridgehead atoms. The third kappa shape index (κ3) is 1.47. The van der Waals surface area contributed by atoms with Gasteiger partial charge in [0.15, 0.2) is 0 Å². The van der Waals surface area contributed by atoms with Crippen molar-refractivity contribution in [2.75, 3.05) is 7.11 Å². The predicted octanol–water partition coefficient (Wildman–Crippen LogP) is 3.10. The van der Waals surface area contributed by atoms with Crippen molar-refractivity contribution < 1.29 is 9.84 Å². The third-order valence-electron chi connectivity index (χ3n) is 2.86. The lowest BCUT2D eigenvalue weighted by atomic mass is 10.1. The quantitative estimate of drug-likeness (QED) is 0.647. The van der Waals surface area contributed by atoms with Gasteiger partial charge in [0.1, 0.15) is 5.75 Å². The highest BCUT2D eigenvalue weighted by Gasteiger charge is 2.07. The van der Waals surface area contributed by atoms with Crippen LogP contribution in [-0.2, 0) is 0 Å². The van der Waals surface area contributed by atoms with Crippen LogP contribution in [-0.4, -0.2) is 17.2 Å². The Kier molecular flexibility index (Phi) is 2.11. The predicted molar refractivity (Wildman–Crippen MR) is 67.5 cm³/mol. The summed E-state index contributed by atoms with van der Waals surface area (Å²) in [6.07, 6.45) is 0. The summed E-state index contributed by atoms with van der Waals surface area (Å²) in [4.78, 5) is 4.40. The summed E-state index contributed by atoms with van der Waals surface area (Å²) in [6.45, 7) is 0. The van der Waals surface area contributed by atoms with Crippen LogP contribution < -0.4 is 4.74 Å². The Morgan fingerprint density at radius 2 is 1.76 bits per heavy atom. The molecule has 0 spiro atoms. The Morgan fingerprint density at radius 3 is 2.59 bits per heavy atom. The second-order valence-electron chi connectivity index (χ2n) is 3.87. The monoisotopic (exact) mass is 225 g/mol. The molecular weight excluding hydrogens is 214 g/mol. The highest BCUT2D eigenvalue weighted by molar-refractivity contribution is 6.08. The van der Waals surface area contributed by atoms with E-state index in [4.69, 9.17) is 4.74 Å². The minimum Gasteiger partial charge on any atom is -0.507 e. The number of aromatic nitrogens is 1. The van der Waals surface area contributed by atoms with E-state index in [0.29, 0.717) is 5.88 Å². The Morgan fingerprint density at radius 1 is 1.00 bits per heavy atom. The molecule has 0 aliphatic heterocycles. The molecule has 0 aliphatic carbocycles. The molecule has 0 unspecified atom stereocenters. The summed E-state index contributed by atoms with van der Waals surface area (Å²) in [5, 5.41) is 12.7. The summed E-state index contributed by atoms with van der Waals surface area (Å²) in [6, 6.07) is 13.2. The van der Waals surface area contributed by atoms with Gasteiger partial charge < -0.3 is 9.84 Å². The summed E-state index contributed by atoms with van der Waals surface area (Å²) in [7, 11) is 1.58. The molecule has 1 aromatic heterocycles. The van der Waals surface area contributed by atoms with Crippen molar-refractivity contribution in [3.63, 3.8) is 0 Å². The average molecular weight is 225 g/mol. The van der Waals surface area contributed by atoms with E-state index in [-0.39, 0.29) is 5.75 Å². The number of pyridine rings is 1. The van der Waals surface area contributed by atoms with E-state index >= 15 is 0 Å². The van der Waals surface area contributed by atoms with Crippen LogP contribution >= 0.6 is 0 Å². The van der Waals surface area contributed by atoms with E-state index in [1.165, 1.54) is 0 Å². The van der Waals surface area contributed by atoms with Gasteiger partial charge in [-0.05, 0) is 17.5 Å². The van der Waals surface area contributed by atoms with Crippen LogP contribution in [0.2, 0.25) is 0 Å². The van der Waals surface area contributed by atoms with Gasteiger partial charge in [0, 0.05) is 16.8 Å². The maximum Gasteiger partial charge on any atom is 0.213 e. The van der Waals surface area contributed by atoms with Crippen LogP contribution in [0, 0.1) is 0 Å². The topological polar surface area (TPSA) is 42.4 Å². The number of benzene rings is 2. The molecule has 0 atom stereocenters. The van der Waals surface area contributed by atoms with E-state index in [1.54, 1.807) is 13.2 Å². The Bertz CT molecular complexity index is 707. The molecule has 0 aliphatic rings. The van der Waals surface area contributed by atoms with Gasteiger partial charge in [-0.1, -0.05) is 24.3 Å². The maximum atomic E-state index is 9.95. The number of fused-ring (bicyclic) bond motifs is 3. The second-order valence-corrected chi connectivity index (χ2v) is 3.87. The summed E-state index contributed by atoms with van der Waals surface area (Å²) >= 11 is 0. The number of ether oxygens (including phenoxy) is 1. The van der Waals surface area contributed by atoms with Crippen molar-refractivity contribution in [2.24, 2.45) is 0 Å². The molecule has 2 aromatic carbocycles. The fourth-order valence-electron chi connectivity index (χ4n) is 2.03. The van der Waals surface area contributed by atoms with E-state index in [2.05, 4.69) is 4.98 Å². The molecule has 1 heterocycles. The van der Waals surface area contributed by atoms with Gasteiger partial charge in [0.25, 0.3) is 0 Å². The highest BCUT2D eigenvalue weighted by Crippen LogP contribution is 2.31. The zero-order chi connectivity index (χ0) is 11.8. The maximum absolute atomic E-state index is 9.95. The van der Waals surface area contributed by atoms with Gasteiger partial charge in [-0.3, -0.25) is 0 Å². The molecule has 0 saturated heterocycles. The number of hydrogen-bond acceptors (Lipinski definition) is 3. The Hall–Kier alpha value is -2.29. The molecule has 84 valence electrons. The molecule has 3 nitrogen and oxygen atoms in total. The van der Waals surface area contributed by atoms with Crippen molar-refractivity contribution in [1.82, 2.24) is 4.98 Å². The van der Waals surface area contributed by atoms with E-state index in [1.807, 2.05) is 36.4 Å². The lowest BCUT2D eigenvalue weighted by molar-refractivity contribution is 0.399. The molecule has 0 saturated carbocycles. The number of phenols is 1. The van der Waals surface area contributed by atoms with Crippen molar-refractivity contribution in [1.29, 1.82) is 0 Å². The summed E-state index contributed by atoms with van der Waals surface area (Å²) < 4.78 is 5.12. The van der Waals surface area contributed by atoms with Gasteiger partial charge in [-0.15, -0.1) is 0 Å². The van der Waals surface area contributed by atoms with Crippen molar-refractivity contribution in [3.8, 4) is 11.6 Å². The molecule has 0 fully saturated rings. The number of hydrogen-bond donors (Lipinski definition) is 1. The lowest BCUT2D eigenvalue weighted by Crippen LogP contribution is -1.88. The molecule has 3 aromatic rings. The minimum absolute atomic E-state index is 0.244. The Labute approximate surface area is 98.3 Å². The van der Waals surface area contributed by atoms with Gasteiger partial charge in [0.2, 0.25) is 5.88 Å². The summed E-state index contributed by atoms with van der Waals surface area (Å²) in [5.74, 6) is 0.794. The van der Waals surface area contributed by atoms with Crippen molar-refractivity contribution in [3.05, 3.63) is 42.5 Å². The largest absolute Gasteiger partial charge is 0.507 e. The van der Waals surface area contributed by atoms with E-state index < -0.39 is 0 Å². The molecule has 0 radical (unpaired) electrons. The Balaban J connectivity index is 2.52. The van der Waals surface area contributed by atoms with Crippen LogP contribution in [0.15, 0.2) is 42.5 Å². The molecule has 17 heavy (non-hydrogen) atoms. The van der Waals surface area contributed by atoms with Crippen LogP contribution in [0.3, 0.4) is 0 Å². The minimum atomic E-state index is 0.244. The van der Waals surface area contributed by atoms with Gasteiger partial charge in [0.05, 0.1) is 12.6 Å². The zero-order valence-corrected chi connectivity index (χ0v) is 9.34. The second kappa shape index (κ2) is 3.63. The zero-order valence-electron chi connectivity index (χ0n) is 9.34. The third-order valence-corrected chi connectivity index (χ3v) is 2.86. The number of aromatic hydroxyl groups is 1. The standard InChI is InChI=1S/C14H11NO2/c1-17-12-8-7-10-6-5-9-3-2-4-11(16)13(9)14(10)15-12/h2-8,16H,1H3. The first-order valence-corrected chi connectivity index (χ1v) is 5.35. The van der Waals surface area contributed by atoms with Crippen molar-refractivity contribution in [2.45, 2.75) is 0 Å². The van der Waals surface area contributed by atoms with E-state index in [9.17, 15) is 5.11 Å². The molecule has 3 heteroatoms. The van der Waals surface area contributed by atoms with Crippen LogP contribution in [0.4, 0.5) is 0 Å². The van der Waals surface area contributed by atoms with Crippen LogP contribution in [0.1, 0.15) is 0 Å². The van der Waals surface area contributed by atoms with Gasteiger partial charge in [-0.25, -0.2) is 4.98 Å². The van der Waals surface area contributed by atoms with Crippen LogP contribution in [0.25, 0.3) is 21.7 Å². The van der Waals surface area contributed by atoms with Crippen LogP contribution in [0.5, 0.6) is 11.6 Å². The fraction of sp³-hybridized carbons (Fsp3) is 0.0714. The first kappa shape index (κ1) is 9.90. The summed E-state index contributed by atoms with van der Waals surface area (Å²) in [5.41, 5.74) is 0.764. The fourth-order valence-corrected chi connectivity index (χ4v) is 2.03. The molecule has 0 amide bonds. The smallest absolute Gasteiger partial charge is 0.213 e. The number of nitrogens with zero attached hydrogens (tertiary/aromatic N) is 1. The number of methoxy groups -OCH3 is 1. The number of rotatable bonds is 1. The van der Waals surface area contributed by atoms with Crippen molar-refractivity contribution >= 4 is 21.7 Å². The average Bonchev–Trinajstić information content (AvgIpc) is 2.38. The first-order chi connectivity index (χ1) is 8.29. The lowest BCUT2D eigenvalue weighted by Gasteiger charge is -2.06. The van der Waals surface area contributed by atoms with Gasteiger partial charge in [-0.2, -0.15) is 0 Å². The van der Waals surface area contributed by atoms with E-state index in [0.717, 1.165) is 21.7 Å². The first-order valence-electron chi connectivity index (χ1n) is 5.35. The molecule has 1 N–H and O–H groups in total. The normalized spacial score (nSPS) is 10.9. The molecular formula is C14H11NO2. The number of phenolic OH excluding ortho intramolecular Hbond substituents is 1. The highest BCUT2D eigenvalue weighted by atomic mass is 16.5. The SMILES string of the molecule is COc1ccc2ccc3cccc(O)c3c2n1.